The van der Waals surface area contributed by atoms with Crippen LogP contribution in [0.5, 0.6) is 0 Å². The van der Waals surface area contributed by atoms with Crippen molar-refractivity contribution in [3.05, 3.63) is 52.8 Å². The number of nitrogens with zero attached hydrogens (tertiary/aromatic N) is 3. The highest BCUT2D eigenvalue weighted by Gasteiger charge is 2.52. The van der Waals surface area contributed by atoms with E-state index in [0.717, 1.165) is 34.1 Å². The van der Waals surface area contributed by atoms with Crippen LogP contribution in [0.4, 0.5) is 0 Å². The fourth-order valence-electron chi connectivity index (χ4n) is 6.26. The van der Waals surface area contributed by atoms with Gasteiger partial charge >= 0.3 is 0 Å². The molecule has 3 nitrogen and oxygen atoms in total. The SMILES string of the molecule is c1ccc(Cc2nn3cc(C45CC6CC(CC(C6)C4)C5)nc3s2)cc1. The highest BCUT2D eigenvalue weighted by atomic mass is 32.1. The standard InChI is InChI=1S/C21H23N3S/c1-2-4-14(5-3-1)9-19-23-24-13-18(22-20(24)25-19)21-10-15-6-16(11-21)8-17(7-15)12-21/h1-5,13,15-17H,6-12H2. The van der Waals surface area contributed by atoms with Crippen molar-refractivity contribution in [1.29, 1.82) is 0 Å². The van der Waals surface area contributed by atoms with Crippen molar-refractivity contribution in [2.45, 2.75) is 50.4 Å². The van der Waals surface area contributed by atoms with Crippen molar-refractivity contribution >= 4 is 16.3 Å². The Labute approximate surface area is 152 Å². The summed E-state index contributed by atoms with van der Waals surface area (Å²) in [5, 5.41) is 5.99. The quantitative estimate of drug-likeness (QED) is 0.677. The third-order valence-electron chi connectivity index (χ3n) is 6.86. The number of fused-ring (bicyclic) bond motifs is 1. The minimum Gasteiger partial charge on any atom is -0.222 e. The van der Waals surface area contributed by atoms with E-state index in [9.17, 15) is 0 Å². The normalized spacial score (nSPS) is 33.4. The van der Waals surface area contributed by atoms with Crippen molar-refractivity contribution in [3.8, 4) is 0 Å². The van der Waals surface area contributed by atoms with Gasteiger partial charge in [-0.1, -0.05) is 41.7 Å². The molecule has 0 aliphatic heterocycles. The molecule has 0 spiro atoms. The third kappa shape index (κ3) is 2.30. The second-order valence-electron chi connectivity index (χ2n) is 8.71. The Bertz CT molecular complexity index is 856. The minimum absolute atomic E-state index is 0.377. The van der Waals surface area contributed by atoms with E-state index in [2.05, 4.69) is 41.0 Å². The Morgan fingerprint density at radius 3 is 2.32 bits per heavy atom. The van der Waals surface area contributed by atoms with Crippen LogP contribution in [-0.2, 0) is 11.8 Å². The number of hydrogen-bond donors (Lipinski definition) is 0. The molecule has 0 atom stereocenters. The second-order valence-corrected chi connectivity index (χ2v) is 9.75. The van der Waals surface area contributed by atoms with Gasteiger partial charge in [0.05, 0.1) is 11.9 Å². The van der Waals surface area contributed by atoms with E-state index in [4.69, 9.17) is 10.1 Å². The molecular weight excluding hydrogens is 326 g/mol. The summed E-state index contributed by atoms with van der Waals surface area (Å²) in [5.74, 6) is 2.90. The van der Waals surface area contributed by atoms with Crippen LogP contribution >= 0.6 is 11.3 Å². The van der Waals surface area contributed by atoms with Gasteiger partial charge in [0.1, 0.15) is 5.01 Å². The van der Waals surface area contributed by atoms with E-state index in [1.807, 2.05) is 0 Å². The molecule has 2 aromatic heterocycles. The second kappa shape index (κ2) is 5.16. The molecule has 0 radical (unpaired) electrons. The lowest BCUT2D eigenvalue weighted by molar-refractivity contribution is -0.00698. The maximum absolute atomic E-state index is 5.08. The smallest absolute Gasteiger partial charge is 0.212 e. The lowest BCUT2D eigenvalue weighted by Gasteiger charge is -2.56. The van der Waals surface area contributed by atoms with Crippen LogP contribution in [0.3, 0.4) is 0 Å². The largest absolute Gasteiger partial charge is 0.222 e. The van der Waals surface area contributed by atoms with Crippen LogP contribution in [-0.4, -0.2) is 14.6 Å². The van der Waals surface area contributed by atoms with Gasteiger partial charge in [0.15, 0.2) is 0 Å². The van der Waals surface area contributed by atoms with Gasteiger partial charge in [-0.3, -0.25) is 0 Å². The van der Waals surface area contributed by atoms with Crippen molar-refractivity contribution in [2.75, 3.05) is 0 Å². The number of benzene rings is 1. The van der Waals surface area contributed by atoms with E-state index in [1.165, 1.54) is 49.8 Å². The van der Waals surface area contributed by atoms with Gasteiger partial charge < -0.3 is 0 Å². The summed E-state index contributed by atoms with van der Waals surface area (Å²) in [6.07, 6.45) is 11.7. The zero-order valence-corrected chi connectivity index (χ0v) is 15.2. The lowest BCUT2D eigenvalue weighted by Crippen LogP contribution is -2.48. The summed E-state index contributed by atoms with van der Waals surface area (Å²) >= 11 is 1.76. The van der Waals surface area contributed by atoms with Crippen LogP contribution in [0.2, 0.25) is 0 Å². The molecule has 0 N–H and O–H groups in total. The van der Waals surface area contributed by atoms with Gasteiger partial charge in [-0.25, -0.2) is 9.50 Å². The van der Waals surface area contributed by atoms with Gasteiger partial charge in [0, 0.05) is 11.8 Å². The molecule has 1 aromatic carbocycles. The third-order valence-corrected chi connectivity index (χ3v) is 7.79. The van der Waals surface area contributed by atoms with Crippen LogP contribution in [0, 0.1) is 17.8 Å². The van der Waals surface area contributed by atoms with E-state index >= 15 is 0 Å². The maximum atomic E-state index is 5.08. The Hall–Kier alpha value is -1.68. The highest BCUT2D eigenvalue weighted by molar-refractivity contribution is 7.16. The zero-order valence-electron chi connectivity index (χ0n) is 14.4. The fourth-order valence-corrected chi connectivity index (χ4v) is 7.17. The molecule has 0 saturated heterocycles. The first-order valence-corrected chi connectivity index (χ1v) is 10.5. The summed E-state index contributed by atoms with van der Waals surface area (Å²) in [6.45, 7) is 0. The van der Waals surface area contributed by atoms with Crippen LogP contribution in [0.1, 0.15) is 54.8 Å². The summed E-state index contributed by atoms with van der Waals surface area (Å²) in [4.78, 5) is 6.16. The molecule has 25 heavy (non-hydrogen) atoms. The van der Waals surface area contributed by atoms with Gasteiger partial charge in [-0.2, -0.15) is 5.10 Å². The number of rotatable bonds is 3. The summed E-state index contributed by atoms with van der Waals surface area (Å²) in [7, 11) is 0. The fraction of sp³-hybridized carbons (Fsp3) is 0.524. The molecule has 7 rings (SSSR count). The zero-order chi connectivity index (χ0) is 16.4. The molecule has 4 aliphatic rings. The Balaban J connectivity index is 1.32. The van der Waals surface area contributed by atoms with Crippen molar-refractivity contribution in [3.63, 3.8) is 0 Å². The maximum Gasteiger partial charge on any atom is 0.212 e. The Morgan fingerprint density at radius 2 is 1.68 bits per heavy atom. The summed E-state index contributed by atoms with van der Waals surface area (Å²) < 4.78 is 2.05. The number of hydrogen-bond acceptors (Lipinski definition) is 3. The van der Waals surface area contributed by atoms with Gasteiger partial charge in [0.25, 0.3) is 0 Å². The monoisotopic (exact) mass is 349 g/mol. The van der Waals surface area contributed by atoms with E-state index in [1.54, 1.807) is 11.3 Å². The molecule has 4 bridgehead atoms. The summed E-state index contributed by atoms with van der Waals surface area (Å²) in [6, 6.07) is 10.6. The van der Waals surface area contributed by atoms with Crippen LogP contribution in [0.15, 0.2) is 36.5 Å². The highest BCUT2D eigenvalue weighted by Crippen LogP contribution is 2.60. The van der Waals surface area contributed by atoms with Crippen LogP contribution in [0.25, 0.3) is 4.96 Å². The van der Waals surface area contributed by atoms with Gasteiger partial charge in [-0.15, -0.1) is 0 Å². The Kier molecular flexibility index (Phi) is 2.99. The van der Waals surface area contributed by atoms with Crippen molar-refractivity contribution < 1.29 is 0 Å². The molecule has 2 heterocycles. The Morgan fingerprint density at radius 1 is 1.00 bits per heavy atom. The molecule has 4 heteroatoms. The average molecular weight is 350 g/mol. The van der Waals surface area contributed by atoms with E-state index in [-0.39, 0.29) is 0 Å². The average Bonchev–Trinajstić information content (AvgIpc) is 3.13. The molecule has 0 amide bonds. The van der Waals surface area contributed by atoms with Gasteiger partial charge in [-0.05, 0) is 61.8 Å². The number of aromatic nitrogens is 3. The molecule has 128 valence electrons. The molecule has 4 saturated carbocycles. The van der Waals surface area contributed by atoms with E-state index in [0.29, 0.717) is 5.41 Å². The van der Waals surface area contributed by atoms with Crippen molar-refractivity contribution in [1.82, 2.24) is 14.6 Å². The molecule has 0 unspecified atom stereocenters. The molecular formula is C21H23N3S. The van der Waals surface area contributed by atoms with Gasteiger partial charge in [0.2, 0.25) is 4.96 Å². The van der Waals surface area contributed by atoms with Crippen molar-refractivity contribution in [2.24, 2.45) is 17.8 Å². The first-order chi connectivity index (χ1) is 12.3. The topological polar surface area (TPSA) is 30.2 Å². The molecule has 4 fully saturated rings. The lowest BCUT2D eigenvalue weighted by atomic mass is 9.49. The minimum atomic E-state index is 0.377. The van der Waals surface area contributed by atoms with Crippen LogP contribution < -0.4 is 0 Å². The molecule has 4 aliphatic carbocycles. The first-order valence-electron chi connectivity index (χ1n) is 9.65. The predicted octanol–water partition coefficient (Wildman–Crippen LogP) is 4.85. The number of imidazole rings is 1. The molecule has 3 aromatic rings. The van der Waals surface area contributed by atoms with E-state index < -0.39 is 0 Å². The predicted molar refractivity (Wildman–Crippen MR) is 100.0 cm³/mol. The summed E-state index contributed by atoms with van der Waals surface area (Å²) in [5.41, 5.74) is 3.04. The first kappa shape index (κ1) is 14.5.